The van der Waals surface area contributed by atoms with E-state index in [1.54, 1.807) is 0 Å². The third-order valence-corrected chi connectivity index (χ3v) is 3.99. The van der Waals surface area contributed by atoms with Gasteiger partial charge in [-0.25, -0.2) is 0 Å². The van der Waals surface area contributed by atoms with Crippen molar-refractivity contribution in [3.63, 3.8) is 0 Å². The summed E-state index contributed by atoms with van der Waals surface area (Å²) in [6.07, 6.45) is 0.207. The number of nitrogens with zero attached hydrogens (tertiary/aromatic N) is 1. The number of morpholine rings is 1. The highest BCUT2D eigenvalue weighted by Gasteiger charge is 2.28. The summed E-state index contributed by atoms with van der Waals surface area (Å²) < 4.78 is 5.68. The Balaban J connectivity index is 2.00. The molecule has 21 heavy (non-hydrogen) atoms. The van der Waals surface area contributed by atoms with E-state index in [2.05, 4.69) is 31.3 Å². The van der Waals surface area contributed by atoms with E-state index >= 15 is 0 Å². The van der Waals surface area contributed by atoms with E-state index in [1.807, 2.05) is 31.7 Å². The number of rotatable bonds is 3. The number of carbonyl (C=O) groups is 1. The van der Waals surface area contributed by atoms with E-state index in [0.29, 0.717) is 13.1 Å². The summed E-state index contributed by atoms with van der Waals surface area (Å²) in [7, 11) is 0. The molecule has 0 aromatic heterocycles. The van der Waals surface area contributed by atoms with Gasteiger partial charge in [0.2, 0.25) is 5.91 Å². The topological polar surface area (TPSA) is 41.6 Å². The quantitative estimate of drug-likeness (QED) is 0.930. The van der Waals surface area contributed by atoms with E-state index in [-0.39, 0.29) is 24.2 Å². The molecule has 1 aliphatic heterocycles. The van der Waals surface area contributed by atoms with Crippen LogP contribution < -0.4 is 5.32 Å². The fourth-order valence-corrected chi connectivity index (χ4v) is 2.77. The van der Waals surface area contributed by atoms with E-state index in [4.69, 9.17) is 4.74 Å². The number of anilines is 1. The molecule has 1 aromatic carbocycles. The average molecular weight is 290 g/mol. The summed E-state index contributed by atoms with van der Waals surface area (Å²) in [5.41, 5.74) is 3.48. The predicted molar refractivity (Wildman–Crippen MR) is 85.6 cm³/mol. The summed E-state index contributed by atoms with van der Waals surface area (Å²) in [5.74, 6) is 0.134. The van der Waals surface area contributed by atoms with Crippen LogP contribution in [-0.2, 0) is 9.53 Å². The van der Waals surface area contributed by atoms with E-state index in [1.165, 1.54) is 11.1 Å². The number of benzene rings is 1. The first-order chi connectivity index (χ1) is 9.86. The Kier molecular flexibility index (Phi) is 4.88. The van der Waals surface area contributed by atoms with Crippen molar-refractivity contribution in [1.82, 2.24) is 4.90 Å². The molecule has 0 saturated carbocycles. The molecular formula is C17H26N2O2. The van der Waals surface area contributed by atoms with Crippen LogP contribution in [0.1, 0.15) is 31.9 Å². The van der Waals surface area contributed by atoms with Gasteiger partial charge >= 0.3 is 0 Å². The van der Waals surface area contributed by atoms with Crippen LogP contribution in [0.25, 0.3) is 0 Å². The van der Waals surface area contributed by atoms with Gasteiger partial charge in [-0.3, -0.25) is 4.79 Å². The monoisotopic (exact) mass is 290 g/mol. The van der Waals surface area contributed by atoms with Gasteiger partial charge in [-0.2, -0.15) is 0 Å². The Bertz CT molecular complexity index is 506. The zero-order chi connectivity index (χ0) is 15.6. The molecule has 1 heterocycles. The minimum Gasteiger partial charge on any atom is -0.374 e. The number of carbonyl (C=O) groups excluding carboxylic acids is 1. The van der Waals surface area contributed by atoms with Crippen molar-refractivity contribution in [2.45, 2.75) is 52.9 Å². The highest BCUT2D eigenvalue weighted by Crippen LogP contribution is 2.17. The molecule has 1 aromatic rings. The Morgan fingerprint density at radius 1 is 1.24 bits per heavy atom. The molecule has 0 aliphatic carbocycles. The summed E-state index contributed by atoms with van der Waals surface area (Å²) in [4.78, 5) is 14.5. The normalized spacial score (nSPS) is 23.8. The SMILES string of the molecule is Cc1ccc(N[C@H](C)C(=O)N2C[C@@H](C)O[C@H](C)C2)cc1C. The third kappa shape index (κ3) is 3.97. The van der Waals surface area contributed by atoms with E-state index in [0.717, 1.165) is 5.69 Å². The lowest BCUT2D eigenvalue weighted by Crippen LogP contribution is -2.52. The molecule has 1 aliphatic rings. The number of nitrogens with one attached hydrogen (secondary N) is 1. The fraction of sp³-hybridized carbons (Fsp3) is 0.588. The number of hydrogen-bond acceptors (Lipinski definition) is 3. The summed E-state index contributed by atoms with van der Waals surface area (Å²) >= 11 is 0. The highest BCUT2D eigenvalue weighted by molar-refractivity contribution is 5.84. The van der Waals surface area contributed by atoms with Crippen LogP contribution in [0.5, 0.6) is 0 Å². The zero-order valence-electron chi connectivity index (χ0n) is 13.6. The Morgan fingerprint density at radius 3 is 2.43 bits per heavy atom. The molecule has 1 saturated heterocycles. The molecule has 3 atom stereocenters. The molecule has 1 amide bonds. The maximum Gasteiger partial charge on any atom is 0.244 e. The second kappa shape index (κ2) is 6.48. The number of hydrogen-bond donors (Lipinski definition) is 1. The summed E-state index contributed by atoms with van der Waals surface area (Å²) in [5, 5.41) is 3.30. The third-order valence-electron chi connectivity index (χ3n) is 3.99. The Morgan fingerprint density at radius 2 is 1.86 bits per heavy atom. The molecule has 4 heteroatoms. The molecule has 0 bridgehead atoms. The van der Waals surface area contributed by atoms with Crippen molar-refractivity contribution < 1.29 is 9.53 Å². The van der Waals surface area contributed by atoms with Crippen LogP contribution in [0.15, 0.2) is 18.2 Å². The molecule has 4 nitrogen and oxygen atoms in total. The second-order valence-corrected chi connectivity index (χ2v) is 6.17. The molecule has 116 valence electrons. The van der Waals surface area contributed by atoms with E-state index < -0.39 is 0 Å². The largest absolute Gasteiger partial charge is 0.374 e. The van der Waals surface area contributed by atoms with Crippen LogP contribution in [-0.4, -0.2) is 42.1 Å². The van der Waals surface area contributed by atoms with Gasteiger partial charge in [-0.15, -0.1) is 0 Å². The van der Waals surface area contributed by atoms with Crippen LogP contribution >= 0.6 is 0 Å². The van der Waals surface area contributed by atoms with Gasteiger partial charge in [-0.1, -0.05) is 6.07 Å². The maximum absolute atomic E-state index is 12.6. The van der Waals surface area contributed by atoms with Crippen molar-refractivity contribution in [3.8, 4) is 0 Å². The molecule has 1 N–H and O–H groups in total. The van der Waals surface area contributed by atoms with Crippen molar-refractivity contribution in [3.05, 3.63) is 29.3 Å². The first-order valence-electron chi connectivity index (χ1n) is 7.65. The molecule has 0 spiro atoms. The molecule has 0 unspecified atom stereocenters. The minimum absolute atomic E-state index is 0.103. The second-order valence-electron chi connectivity index (χ2n) is 6.17. The summed E-state index contributed by atoms with van der Waals surface area (Å²) in [6.45, 7) is 11.4. The lowest BCUT2D eigenvalue weighted by atomic mass is 10.1. The van der Waals surface area contributed by atoms with Crippen LogP contribution in [0.2, 0.25) is 0 Å². The average Bonchev–Trinajstić information content (AvgIpc) is 2.41. The molecular weight excluding hydrogens is 264 g/mol. The van der Waals surface area contributed by atoms with Gasteiger partial charge in [0.05, 0.1) is 12.2 Å². The number of aryl methyl sites for hydroxylation is 2. The van der Waals surface area contributed by atoms with Crippen LogP contribution in [0, 0.1) is 13.8 Å². The maximum atomic E-state index is 12.6. The van der Waals surface area contributed by atoms with Gasteiger partial charge in [0.15, 0.2) is 0 Å². The Labute approximate surface area is 127 Å². The fourth-order valence-electron chi connectivity index (χ4n) is 2.77. The molecule has 1 fully saturated rings. The van der Waals surface area contributed by atoms with Gasteiger partial charge in [0.1, 0.15) is 6.04 Å². The summed E-state index contributed by atoms with van der Waals surface area (Å²) in [6, 6.07) is 5.96. The standard InChI is InChI=1S/C17H26N2O2/c1-11-6-7-16(8-12(11)2)18-15(5)17(20)19-9-13(3)21-14(4)10-19/h6-8,13-15,18H,9-10H2,1-5H3/t13-,14-,15-/m1/s1. The highest BCUT2D eigenvalue weighted by atomic mass is 16.5. The lowest BCUT2D eigenvalue weighted by molar-refractivity contribution is -0.143. The molecule has 2 rings (SSSR count). The van der Waals surface area contributed by atoms with Crippen LogP contribution in [0.4, 0.5) is 5.69 Å². The minimum atomic E-state index is -0.232. The smallest absolute Gasteiger partial charge is 0.244 e. The lowest BCUT2D eigenvalue weighted by Gasteiger charge is -2.36. The van der Waals surface area contributed by atoms with Gasteiger partial charge < -0.3 is 15.0 Å². The number of amides is 1. The van der Waals surface area contributed by atoms with Gasteiger partial charge in [-0.05, 0) is 57.9 Å². The first-order valence-corrected chi connectivity index (χ1v) is 7.65. The Hall–Kier alpha value is -1.55. The van der Waals surface area contributed by atoms with Crippen molar-refractivity contribution in [2.75, 3.05) is 18.4 Å². The van der Waals surface area contributed by atoms with Gasteiger partial charge in [0, 0.05) is 18.8 Å². The van der Waals surface area contributed by atoms with Crippen molar-refractivity contribution in [2.24, 2.45) is 0 Å². The predicted octanol–water partition coefficient (Wildman–Crippen LogP) is 2.74. The van der Waals surface area contributed by atoms with E-state index in [9.17, 15) is 4.79 Å². The van der Waals surface area contributed by atoms with Crippen LogP contribution in [0.3, 0.4) is 0 Å². The number of ether oxygens (including phenoxy) is 1. The zero-order valence-corrected chi connectivity index (χ0v) is 13.6. The molecule has 0 radical (unpaired) electrons. The van der Waals surface area contributed by atoms with Crippen molar-refractivity contribution >= 4 is 11.6 Å². The van der Waals surface area contributed by atoms with Crippen molar-refractivity contribution in [1.29, 1.82) is 0 Å². The first kappa shape index (κ1) is 15.8. The van der Waals surface area contributed by atoms with Gasteiger partial charge in [0.25, 0.3) is 0 Å².